The molecule has 0 fully saturated rings. The number of ether oxygens (including phenoxy) is 1. The van der Waals surface area contributed by atoms with Crippen LogP contribution in [0.4, 0.5) is 0 Å². The van der Waals surface area contributed by atoms with E-state index in [0.717, 1.165) is 30.2 Å². The average molecular weight is 364 g/mol. The van der Waals surface area contributed by atoms with Crippen LogP contribution >= 0.6 is 34.2 Å². The van der Waals surface area contributed by atoms with Crippen molar-refractivity contribution in [3.05, 3.63) is 44.2 Å². The zero-order chi connectivity index (χ0) is 12.3. The highest BCUT2D eigenvalue weighted by atomic mass is 127. The number of benzene rings is 1. The Kier molecular flexibility index (Phi) is 4.70. The summed E-state index contributed by atoms with van der Waals surface area (Å²) in [6.45, 7) is 0.807. The molecule has 17 heavy (non-hydrogen) atoms. The van der Waals surface area contributed by atoms with Crippen LogP contribution in [-0.4, -0.2) is 13.7 Å². The Morgan fingerprint density at radius 2 is 2.29 bits per heavy atom. The molecule has 1 aromatic rings. The zero-order valence-corrected chi connectivity index (χ0v) is 12.6. The molecule has 0 spiro atoms. The van der Waals surface area contributed by atoms with Gasteiger partial charge in [0.1, 0.15) is 5.76 Å². The molecule has 92 valence electrons. The van der Waals surface area contributed by atoms with Gasteiger partial charge < -0.3 is 10.1 Å². The second kappa shape index (κ2) is 6.07. The van der Waals surface area contributed by atoms with Crippen LogP contribution in [0.5, 0.6) is 0 Å². The van der Waals surface area contributed by atoms with Crippen molar-refractivity contribution in [3.63, 3.8) is 0 Å². The quantitative estimate of drug-likeness (QED) is 0.823. The van der Waals surface area contributed by atoms with Gasteiger partial charge in [-0.2, -0.15) is 0 Å². The summed E-state index contributed by atoms with van der Waals surface area (Å²) >= 11 is 8.40. The van der Waals surface area contributed by atoms with E-state index in [1.54, 1.807) is 0 Å². The molecule has 2 rings (SSSR count). The molecule has 1 unspecified atom stereocenters. The van der Waals surface area contributed by atoms with E-state index in [2.05, 4.69) is 34.0 Å². The van der Waals surface area contributed by atoms with Crippen LogP contribution in [0.25, 0.3) is 0 Å². The van der Waals surface area contributed by atoms with Gasteiger partial charge in [0.05, 0.1) is 12.6 Å². The Hall–Kier alpha value is -0.260. The van der Waals surface area contributed by atoms with Crippen LogP contribution < -0.4 is 5.32 Å². The Morgan fingerprint density at radius 1 is 1.47 bits per heavy atom. The first-order valence-corrected chi connectivity index (χ1v) is 7.13. The van der Waals surface area contributed by atoms with Gasteiger partial charge in [0.15, 0.2) is 0 Å². The summed E-state index contributed by atoms with van der Waals surface area (Å²) in [6.07, 6.45) is 4.36. The Bertz CT molecular complexity index is 433. The molecule has 0 aliphatic carbocycles. The summed E-state index contributed by atoms with van der Waals surface area (Å²) in [5.74, 6) is 1.01. The summed E-state index contributed by atoms with van der Waals surface area (Å²) in [5.41, 5.74) is 1.17. The lowest BCUT2D eigenvalue weighted by molar-refractivity contribution is 0.169. The van der Waals surface area contributed by atoms with Gasteiger partial charge >= 0.3 is 0 Å². The zero-order valence-electron chi connectivity index (χ0n) is 9.67. The molecule has 1 aliphatic rings. The first-order chi connectivity index (χ1) is 8.22. The molecular formula is C13H15ClINO. The molecule has 1 atom stereocenters. The Morgan fingerprint density at radius 3 is 2.94 bits per heavy atom. The SMILES string of the molecule is CNC(C1=CCCCO1)c1cc(Cl)ccc1I. The molecular weight excluding hydrogens is 349 g/mol. The molecule has 1 aliphatic heterocycles. The van der Waals surface area contributed by atoms with Crippen molar-refractivity contribution in [1.82, 2.24) is 5.32 Å². The maximum Gasteiger partial charge on any atom is 0.113 e. The summed E-state index contributed by atoms with van der Waals surface area (Å²) in [4.78, 5) is 0. The first kappa shape index (κ1) is 13.2. The van der Waals surface area contributed by atoms with E-state index < -0.39 is 0 Å². The predicted octanol–water partition coefficient (Wildman–Crippen LogP) is 3.90. The molecule has 4 heteroatoms. The summed E-state index contributed by atoms with van der Waals surface area (Å²) in [5, 5.41) is 4.06. The molecule has 1 N–H and O–H groups in total. The van der Waals surface area contributed by atoms with E-state index in [1.165, 1.54) is 9.13 Å². The molecule has 0 saturated carbocycles. The minimum atomic E-state index is 0.0981. The van der Waals surface area contributed by atoms with Gasteiger partial charge in [-0.05, 0) is 72.3 Å². The fraction of sp³-hybridized carbons (Fsp3) is 0.385. The summed E-state index contributed by atoms with van der Waals surface area (Å²) in [7, 11) is 1.94. The highest BCUT2D eigenvalue weighted by Crippen LogP contribution is 2.30. The van der Waals surface area contributed by atoms with Crippen LogP contribution in [0.2, 0.25) is 5.02 Å². The maximum atomic E-state index is 6.07. The standard InChI is InChI=1S/C13H15ClINO/c1-16-13(12-4-2-3-7-17-12)10-8-9(14)5-6-11(10)15/h4-6,8,13,16H,2-3,7H2,1H3. The van der Waals surface area contributed by atoms with Crippen molar-refractivity contribution in [2.75, 3.05) is 13.7 Å². The van der Waals surface area contributed by atoms with Crippen LogP contribution in [-0.2, 0) is 4.74 Å². The summed E-state index contributed by atoms with van der Waals surface area (Å²) < 4.78 is 6.93. The van der Waals surface area contributed by atoms with Crippen molar-refractivity contribution in [1.29, 1.82) is 0 Å². The average Bonchev–Trinajstić information content (AvgIpc) is 2.36. The van der Waals surface area contributed by atoms with E-state index >= 15 is 0 Å². The lowest BCUT2D eigenvalue weighted by Crippen LogP contribution is -2.22. The number of hydrogen-bond acceptors (Lipinski definition) is 2. The van der Waals surface area contributed by atoms with Crippen LogP contribution in [0, 0.1) is 3.57 Å². The number of hydrogen-bond donors (Lipinski definition) is 1. The molecule has 0 aromatic heterocycles. The molecule has 0 amide bonds. The van der Waals surface area contributed by atoms with E-state index in [-0.39, 0.29) is 6.04 Å². The Balaban J connectivity index is 2.34. The second-order valence-electron chi connectivity index (χ2n) is 3.98. The lowest BCUT2D eigenvalue weighted by Gasteiger charge is -2.24. The van der Waals surface area contributed by atoms with Crippen molar-refractivity contribution in [3.8, 4) is 0 Å². The largest absolute Gasteiger partial charge is 0.496 e. The number of halogens is 2. The minimum absolute atomic E-state index is 0.0981. The third-order valence-corrected chi connectivity index (χ3v) is 4.02. The fourth-order valence-corrected chi connectivity index (χ4v) is 2.79. The van der Waals surface area contributed by atoms with Gasteiger partial charge in [-0.15, -0.1) is 0 Å². The van der Waals surface area contributed by atoms with Gasteiger partial charge in [-0.1, -0.05) is 11.6 Å². The predicted molar refractivity (Wildman–Crippen MR) is 79.2 cm³/mol. The number of allylic oxidation sites excluding steroid dienone is 1. The van der Waals surface area contributed by atoms with Gasteiger partial charge in [-0.25, -0.2) is 0 Å². The second-order valence-corrected chi connectivity index (χ2v) is 5.58. The summed E-state index contributed by atoms with van der Waals surface area (Å²) in [6, 6.07) is 6.05. The number of nitrogens with one attached hydrogen (secondary N) is 1. The van der Waals surface area contributed by atoms with E-state index in [0.29, 0.717) is 0 Å². The highest BCUT2D eigenvalue weighted by Gasteiger charge is 2.20. The number of likely N-dealkylation sites (N-methyl/N-ethyl adjacent to an activating group) is 1. The normalized spacial score (nSPS) is 17.2. The molecule has 2 nitrogen and oxygen atoms in total. The number of rotatable bonds is 3. The van der Waals surface area contributed by atoms with E-state index in [4.69, 9.17) is 16.3 Å². The third kappa shape index (κ3) is 3.14. The van der Waals surface area contributed by atoms with Crippen LogP contribution in [0.15, 0.2) is 30.0 Å². The highest BCUT2D eigenvalue weighted by molar-refractivity contribution is 14.1. The minimum Gasteiger partial charge on any atom is -0.496 e. The fourth-order valence-electron chi connectivity index (χ4n) is 1.96. The molecule has 0 bridgehead atoms. The van der Waals surface area contributed by atoms with Crippen molar-refractivity contribution in [2.45, 2.75) is 18.9 Å². The van der Waals surface area contributed by atoms with Crippen molar-refractivity contribution < 1.29 is 4.74 Å². The van der Waals surface area contributed by atoms with Crippen molar-refractivity contribution in [2.24, 2.45) is 0 Å². The monoisotopic (exact) mass is 363 g/mol. The van der Waals surface area contributed by atoms with E-state index in [9.17, 15) is 0 Å². The third-order valence-electron chi connectivity index (χ3n) is 2.80. The molecule has 0 saturated heterocycles. The lowest BCUT2D eigenvalue weighted by atomic mass is 10.0. The van der Waals surface area contributed by atoms with E-state index in [1.807, 2.05) is 25.2 Å². The first-order valence-electron chi connectivity index (χ1n) is 5.67. The smallest absolute Gasteiger partial charge is 0.113 e. The van der Waals surface area contributed by atoms with Crippen LogP contribution in [0.1, 0.15) is 24.4 Å². The molecule has 1 aromatic carbocycles. The van der Waals surface area contributed by atoms with Crippen LogP contribution in [0.3, 0.4) is 0 Å². The topological polar surface area (TPSA) is 21.3 Å². The Labute approximate surface area is 121 Å². The van der Waals surface area contributed by atoms with Gasteiger partial charge in [0.2, 0.25) is 0 Å². The van der Waals surface area contributed by atoms with Crippen molar-refractivity contribution >= 4 is 34.2 Å². The molecule has 0 radical (unpaired) electrons. The van der Waals surface area contributed by atoms with Gasteiger partial charge in [-0.3, -0.25) is 0 Å². The molecule has 1 heterocycles. The van der Waals surface area contributed by atoms with Gasteiger partial charge in [0.25, 0.3) is 0 Å². The maximum absolute atomic E-state index is 6.07. The van der Waals surface area contributed by atoms with Gasteiger partial charge in [0, 0.05) is 8.59 Å².